The van der Waals surface area contributed by atoms with Gasteiger partial charge in [-0.25, -0.2) is 4.39 Å². The van der Waals surface area contributed by atoms with E-state index in [2.05, 4.69) is 5.32 Å². The first-order chi connectivity index (χ1) is 9.54. The molecule has 0 heterocycles. The molecule has 0 radical (unpaired) electrons. The number of halogens is 1. The zero-order valence-electron chi connectivity index (χ0n) is 12.3. The molecule has 0 aromatic heterocycles. The normalized spacial score (nSPS) is 19.6. The molecule has 112 valence electrons. The Balaban J connectivity index is 1.99. The zero-order valence-corrected chi connectivity index (χ0v) is 12.3. The van der Waals surface area contributed by atoms with Gasteiger partial charge in [-0.15, -0.1) is 0 Å². The molecule has 1 aliphatic rings. The number of aliphatic hydroxyl groups is 1. The highest BCUT2D eigenvalue weighted by Crippen LogP contribution is 2.29. The van der Waals surface area contributed by atoms with Crippen molar-refractivity contribution in [1.82, 2.24) is 5.32 Å². The Morgan fingerprint density at radius 2 is 2.05 bits per heavy atom. The smallest absolute Gasteiger partial charge is 0.165 e. The lowest BCUT2D eigenvalue weighted by atomic mass is 9.85. The summed E-state index contributed by atoms with van der Waals surface area (Å²) in [7, 11) is 1.84. The highest BCUT2D eigenvalue weighted by Gasteiger charge is 2.30. The largest absolute Gasteiger partial charge is 0.488 e. The van der Waals surface area contributed by atoms with Crippen LogP contribution in [-0.2, 0) is 0 Å². The van der Waals surface area contributed by atoms with Crippen molar-refractivity contribution in [2.45, 2.75) is 50.7 Å². The number of hydrogen-bond donors (Lipinski definition) is 2. The van der Waals surface area contributed by atoms with E-state index in [0.717, 1.165) is 37.7 Å². The van der Waals surface area contributed by atoms with Gasteiger partial charge in [-0.3, -0.25) is 0 Å². The molecule has 4 heteroatoms. The van der Waals surface area contributed by atoms with Crippen LogP contribution >= 0.6 is 0 Å². The molecule has 1 aromatic carbocycles. The van der Waals surface area contributed by atoms with Crippen LogP contribution in [0.1, 0.15) is 50.6 Å². The Bertz CT molecular complexity index is 444. The summed E-state index contributed by atoms with van der Waals surface area (Å²) in [6.45, 7) is 2.14. The molecule has 1 fully saturated rings. The topological polar surface area (TPSA) is 41.5 Å². The van der Waals surface area contributed by atoms with Crippen LogP contribution < -0.4 is 10.1 Å². The Morgan fingerprint density at radius 3 is 2.65 bits per heavy atom. The van der Waals surface area contributed by atoms with Gasteiger partial charge in [0, 0.05) is 6.04 Å². The predicted octanol–water partition coefficient (Wildman–Crippen LogP) is 3.18. The molecule has 0 saturated heterocycles. The average Bonchev–Trinajstić information content (AvgIpc) is 2.46. The van der Waals surface area contributed by atoms with Gasteiger partial charge in [0.15, 0.2) is 11.6 Å². The summed E-state index contributed by atoms with van der Waals surface area (Å²) < 4.78 is 19.5. The van der Waals surface area contributed by atoms with Crippen LogP contribution in [-0.4, -0.2) is 24.4 Å². The predicted molar refractivity (Wildman–Crippen MR) is 77.4 cm³/mol. The van der Waals surface area contributed by atoms with Crippen molar-refractivity contribution in [3.63, 3.8) is 0 Å². The summed E-state index contributed by atoms with van der Waals surface area (Å²) in [5.74, 6) is -0.153. The first-order valence-corrected chi connectivity index (χ1v) is 7.36. The van der Waals surface area contributed by atoms with E-state index in [1.807, 2.05) is 20.0 Å². The fourth-order valence-corrected chi connectivity index (χ4v) is 2.64. The van der Waals surface area contributed by atoms with Crippen molar-refractivity contribution in [2.75, 3.05) is 13.7 Å². The fourth-order valence-electron chi connectivity index (χ4n) is 2.64. The summed E-state index contributed by atoms with van der Waals surface area (Å²) >= 11 is 0. The third-order valence-corrected chi connectivity index (χ3v) is 4.17. The van der Waals surface area contributed by atoms with Crippen LogP contribution in [0.4, 0.5) is 4.39 Å². The molecule has 1 aromatic rings. The van der Waals surface area contributed by atoms with Crippen LogP contribution in [0.25, 0.3) is 0 Å². The van der Waals surface area contributed by atoms with Crippen LogP contribution in [0, 0.1) is 5.82 Å². The number of ether oxygens (including phenoxy) is 1. The third-order valence-electron chi connectivity index (χ3n) is 4.17. The number of nitrogens with one attached hydrogen (secondary N) is 1. The highest BCUT2D eigenvalue weighted by molar-refractivity contribution is 5.31. The maximum atomic E-state index is 14.0. The van der Waals surface area contributed by atoms with Gasteiger partial charge >= 0.3 is 0 Å². The number of rotatable bonds is 5. The molecule has 2 N–H and O–H groups in total. The van der Waals surface area contributed by atoms with Gasteiger partial charge in [0.1, 0.15) is 6.61 Å². The second-order valence-corrected chi connectivity index (χ2v) is 5.77. The molecular weight excluding hydrogens is 257 g/mol. The van der Waals surface area contributed by atoms with Gasteiger partial charge in [-0.1, -0.05) is 25.3 Å². The lowest BCUT2D eigenvalue weighted by molar-refractivity contribution is -0.0347. The minimum absolute atomic E-state index is 0.0982. The number of hydrogen-bond acceptors (Lipinski definition) is 3. The van der Waals surface area contributed by atoms with E-state index in [9.17, 15) is 9.50 Å². The standard InChI is InChI=1S/C16H24FNO2/c1-12(18-2)13-6-7-15(14(17)10-13)20-11-16(19)8-4-3-5-9-16/h6-7,10,12,18-19H,3-5,8-9,11H2,1-2H3. The summed E-state index contributed by atoms with van der Waals surface area (Å²) in [4.78, 5) is 0. The molecule has 0 spiro atoms. The van der Waals surface area contributed by atoms with E-state index >= 15 is 0 Å². The second kappa shape index (κ2) is 6.55. The van der Waals surface area contributed by atoms with Crippen LogP contribution in [0.5, 0.6) is 5.75 Å². The molecule has 1 atom stereocenters. The van der Waals surface area contributed by atoms with Gasteiger partial charge in [0.05, 0.1) is 5.60 Å². The summed E-state index contributed by atoms with van der Waals surface area (Å²) in [5, 5.41) is 13.4. The van der Waals surface area contributed by atoms with Gasteiger partial charge in [-0.2, -0.15) is 0 Å². The first kappa shape index (κ1) is 15.3. The molecule has 20 heavy (non-hydrogen) atoms. The molecule has 0 aliphatic heterocycles. The zero-order chi connectivity index (χ0) is 14.6. The Labute approximate surface area is 120 Å². The van der Waals surface area contributed by atoms with Crippen molar-refractivity contribution >= 4 is 0 Å². The maximum Gasteiger partial charge on any atom is 0.165 e. The Hall–Kier alpha value is -1.13. The lowest BCUT2D eigenvalue weighted by Crippen LogP contribution is -2.38. The minimum Gasteiger partial charge on any atom is -0.488 e. The van der Waals surface area contributed by atoms with Gasteiger partial charge in [0.2, 0.25) is 0 Å². The average molecular weight is 281 g/mol. The van der Waals surface area contributed by atoms with Crippen molar-refractivity contribution in [1.29, 1.82) is 0 Å². The SMILES string of the molecule is CNC(C)c1ccc(OCC2(O)CCCCC2)c(F)c1. The minimum atomic E-state index is -0.790. The quantitative estimate of drug-likeness (QED) is 0.871. The molecule has 3 nitrogen and oxygen atoms in total. The van der Waals surface area contributed by atoms with Crippen LogP contribution in [0.2, 0.25) is 0 Å². The van der Waals surface area contributed by atoms with Crippen molar-refractivity contribution in [2.24, 2.45) is 0 Å². The van der Waals surface area contributed by atoms with E-state index in [1.54, 1.807) is 6.07 Å². The highest BCUT2D eigenvalue weighted by atomic mass is 19.1. The molecule has 2 rings (SSSR count). The first-order valence-electron chi connectivity index (χ1n) is 7.36. The van der Waals surface area contributed by atoms with Gasteiger partial charge in [0.25, 0.3) is 0 Å². The Morgan fingerprint density at radius 1 is 1.35 bits per heavy atom. The van der Waals surface area contributed by atoms with Crippen molar-refractivity contribution in [3.8, 4) is 5.75 Å². The molecule has 0 amide bonds. The van der Waals surface area contributed by atoms with Crippen molar-refractivity contribution in [3.05, 3.63) is 29.6 Å². The maximum absolute atomic E-state index is 14.0. The van der Waals surface area contributed by atoms with Crippen LogP contribution in [0.15, 0.2) is 18.2 Å². The number of benzene rings is 1. The Kier molecular flexibility index (Phi) is 5.00. The summed E-state index contributed by atoms with van der Waals surface area (Å²) in [5.41, 5.74) is 0.0930. The second-order valence-electron chi connectivity index (χ2n) is 5.77. The lowest BCUT2D eigenvalue weighted by Gasteiger charge is -2.31. The monoisotopic (exact) mass is 281 g/mol. The molecule has 1 aliphatic carbocycles. The van der Waals surface area contributed by atoms with Gasteiger partial charge < -0.3 is 15.2 Å². The van der Waals surface area contributed by atoms with E-state index in [0.29, 0.717) is 0 Å². The van der Waals surface area contributed by atoms with E-state index in [-0.39, 0.29) is 24.2 Å². The third kappa shape index (κ3) is 3.70. The van der Waals surface area contributed by atoms with E-state index in [4.69, 9.17) is 4.74 Å². The van der Waals surface area contributed by atoms with E-state index in [1.165, 1.54) is 6.07 Å². The molecular formula is C16H24FNO2. The summed E-state index contributed by atoms with van der Waals surface area (Å²) in [6, 6.07) is 5.08. The molecule has 0 bridgehead atoms. The molecule has 1 saturated carbocycles. The molecule has 1 unspecified atom stereocenters. The fraction of sp³-hybridized carbons (Fsp3) is 0.625. The van der Waals surface area contributed by atoms with Crippen molar-refractivity contribution < 1.29 is 14.2 Å². The summed E-state index contributed by atoms with van der Waals surface area (Å²) in [6.07, 6.45) is 4.67. The van der Waals surface area contributed by atoms with Crippen LogP contribution in [0.3, 0.4) is 0 Å². The van der Waals surface area contributed by atoms with E-state index < -0.39 is 5.60 Å². The van der Waals surface area contributed by atoms with Gasteiger partial charge in [-0.05, 0) is 44.5 Å².